The van der Waals surface area contributed by atoms with Crippen LogP contribution in [0.4, 0.5) is 6.01 Å². The Morgan fingerprint density at radius 1 is 1.16 bits per heavy atom. The zero-order valence-corrected chi connectivity index (χ0v) is 11.2. The van der Waals surface area contributed by atoms with Crippen molar-refractivity contribution in [1.29, 1.82) is 0 Å². The Bertz CT molecular complexity index is 449. The van der Waals surface area contributed by atoms with Gasteiger partial charge in [0.2, 0.25) is 0 Å². The molecule has 2 heterocycles. The first-order chi connectivity index (χ1) is 9.33. The Labute approximate surface area is 113 Å². The lowest BCUT2D eigenvalue weighted by atomic mass is 9.89. The van der Waals surface area contributed by atoms with Crippen LogP contribution in [-0.4, -0.2) is 28.4 Å². The fourth-order valence-corrected chi connectivity index (χ4v) is 3.49. The van der Waals surface area contributed by atoms with Crippen LogP contribution in [0.5, 0.6) is 0 Å². The Kier molecular flexibility index (Phi) is 2.76. The van der Waals surface area contributed by atoms with Crippen molar-refractivity contribution in [3.05, 3.63) is 5.82 Å². The molecule has 0 amide bonds. The van der Waals surface area contributed by atoms with E-state index in [1.54, 1.807) is 0 Å². The highest BCUT2D eigenvalue weighted by Crippen LogP contribution is 2.41. The largest absolute Gasteiger partial charge is 0.375 e. The topological polar surface area (TPSA) is 60.2 Å². The van der Waals surface area contributed by atoms with Crippen molar-refractivity contribution in [2.45, 2.75) is 68.9 Å². The third-order valence-electron chi connectivity index (χ3n) is 4.72. The quantitative estimate of drug-likeness (QED) is 0.908. The third kappa shape index (κ3) is 2.36. The molecule has 2 saturated carbocycles. The molecule has 104 valence electrons. The molecular formula is C14H21N3O2. The van der Waals surface area contributed by atoms with Crippen LogP contribution in [0.1, 0.15) is 63.1 Å². The van der Waals surface area contributed by atoms with Gasteiger partial charge in [-0.15, -0.1) is 0 Å². The van der Waals surface area contributed by atoms with E-state index in [9.17, 15) is 0 Å². The molecule has 1 unspecified atom stereocenters. The monoisotopic (exact) mass is 263 g/mol. The van der Waals surface area contributed by atoms with E-state index in [1.165, 1.54) is 38.5 Å². The average molecular weight is 263 g/mol. The van der Waals surface area contributed by atoms with Crippen molar-refractivity contribution in [2.24, 2.45) is 0 Å². The van der Waals surface area contributed by atoms with Crippen molar-refractivity contribution < 1.29 is 9.26 Å². The Morgan fingerprint density at radius 3 is 2.79 bits per heavy atom. The summed E-state index contributed by atoms with van der Waals surface area (Å²) in [6.45, 7) is 0.848. The first kappa shape index (κ1) is 11.7. The zero-order valence-electron chi connectivity index (χ0n) is 11.2. The SMILES string of the molecule is C1CCC2(C1)CC(Nc1nc(C3CC3)no1)CCO2. The summed E-state index contributed by atoms with van der Waals surface area (Å²) in [4.78, 5) is 4.45. The molecule has 1 atom stereocenters. The maximum atomic E-state index is 6.04. The van der Waals surface area contributed by atoms with E-state index in [1.807, 2.05) is 0 Å². The molecule has 19 heavy (non-hydrogen) atoms. The maximum absolute atomic E-state index is 6.04. The van der Waals surface area contributed by atoms with Gasteiger partial charge in [-0.05, 0) is 38.5 Å². The van der Waals surface area contributed by atoms with Crippen LogP contribution in [0.2, 0.25) is 0 Å². The Morgan fingerprint density at radius 2 is 2.00 bits per heavy atom. The third-order valence-corrected chi connectivity index (χ3v) is 4.72. The van der Waals surface area contributed by atoms with Gasteiger partial charge < -0.3 is 14.6 Å². The smallest absolute Gasteiger partial charge is 0.321 e. The summed E-state index contributed by atoms with van der Waals surface area (Å²) in [6, 6.07) is 1.02. The van der Waals surface area contributed by atoms with Gasteiger partial charge in [-0.2, -0.15) is 4.98 Å². The van der Waals surface area contributed by atoms with Crippen LogP contribution in [0.25, 0.3) is 0 Å². The molecular weight excluding hydrogens is 242 g/mol. The van der Waals surface area contributed by atoms with Crippen LogP contribution in [0.3, 0.4) is 0 Å². The van der Waals surface area contributed by atoms with E-state index in [0.717, 1.165) is 25.3 Å². The van der Waals surface area contributed by atoms with Crippen LogP contribution >= 0.6 is 0 Å². The maximum Gasteiger partial charge on any atom is 0.321 e. The summed E-state index contributed by atoms with van der Waals surface area (Å²) in [6.07, 6.45) is 9.55. The lowest BCUT2D eigenvalue weighted by molar-refractivity contribution is -0.0769. The summed E-state index contributed by atoms with van der Waals surface area (Å²) in [5.74, 6) is 1.43. The molecule has 5 nitrogen and oxygen atoms in total. The number of hydrogen-bond donors (Lipinski definition) is 1. The molecule has 0 bridgehead atoms. The molecule has 3 aliphatic rings. The predicted molar refractivity (Wildman–Crippen MR) is 70.1 cm³/mol. The van der Waals surface area contributed by atoms with E-state index < -0.39 is 0 Å². The first-order valence-corrected chi connectivity index (χ1v) is 7.57. The van der Waals surface area contributed by atoms with Gasteiger partial charge in [0.05, 0.1) is 5.60 Å². The highest BCUT2D eigenvalue weighted by atomic mass is 16.5. The van der Waals surface area contributed by atoms with Crippen LogP contribution < -0.4 is 5.32 Å². The number of nitrogens with one attached hydrogen (secondary N) is 1. The summed E-state index contributed by atoms with van der Waals surface area (Å²) in [5.41, 5.74) is 0.134. The fraction of sp³-hybridized carbons (Fsp3) is 0.857. The lowest BCUT2D eigenvalue weighted by Gasteiger charge is -2.38. The number of nitrogens with zero attached hydrogens (tertiary/aromatic N) is 2. The molecule has 1 aromatic rings. The highest BCUT2D eigenvalue weighted by Gasteiger charge is 2.40. The molecule has 1 aliphatic heterocycles. The van der Waals surface area contributed by atoms with Gasteiger partial charge in [0.1, 0.15) is 0 Å². The molecule has 5 heteroatoms. The molecule has 1 aromatic heterocycles. The number of aromatic nitrogens is 2. The van der Waals surface area contributed by atoms with Gasteiger partial charge in [-0.1, -0.05) is 18.0 Å². The summed E-state index contributed by atoms with van der Waals surface area (Å²) in [7, 11) is 0. The average Bonchev–Trinajstić information content (AvgIpc) is 3.01. The minimum Gasteiger partial charge on any atom is -0.375 e. The van der Waals surface area contributed by atoms with Crippen LogP contribution in [0, 0.1) is 0 Å². The molecule has 1 spiro atoms. The normalized spacial score (nSPS) is 29.8. The molecule has 4 rings (SSSR count). The molecule has 0 aromatic carbocycles. The minimum absolute atomic E-state index is 0.134. The van der Waals surface area contributed by atoms with Crippen molar-refractivity contribution in [3.8, 4) is 0 Å². The highest BCUT2D eigenvalue weighted by molar-refractivity contribution is 5.23. The predicted octanol–water partition coefficient (Wildman–Crippen LogP) is 2.85. The Hall–Kier alpha value is -1.10. The number of anilines is 1. The standard InChI is InChI=1S/C14H21N3O2/c1-2-7-14(6-1)9-11(5-8-18-14)15-13-16-12(17-19-13)10-3-4-10/h10-11H,1-9H2,(H,15,16,17). The van der Waals surface area contributed by atoms with Gasteiger partial charge in [0, 0.05) is 18.6 Å². The van der Waals surface area contributed by atoms with Crippen LogP contribution in [0.15, 0.2) is 4.52 Å². The van der Waals surface area contributed by atoms with Gasteiger partial charge in [-0.25, -0.2) is 0 Å². The van der Waals surface area contributed by atoms with Crippen molar-refractivity contribution >= 4 is 6.01 Å². The number of ether oxygens (including phenoxy) is 1. The number of rotatable bonds is 3. The summed E-state index contributed by atoms with van der Waals surface area (Å²) in [5, 5.41) is 7.47. The molecule has 1 N–H and O–H groups in total. The zero-order chi connectivity index (χ0) is 12.7. The summed E-state index contributed by atoms with van der Waals surface area (Å²) >= 11 is 0. The molecule has 3 fully saturated rings. The minimum atomic E-state index is 0.134. The molecule has 0 radical (unpaired) electrons. The van der Waals surface area contributed by atoms with Gasteiger partial charge in [-0.3, -0.25) is 0 Å². The van der Waals surface area contributed by atoms with Crippen molar-refractivity contribution in [2.75, 3.05) is 11.9 Å². The molecule has 2 aliphatic carbocycles. The van der Waals surface area contributed by atoms with Gasteiger partial charge in [0.25, 0.3) is 0 Å². The second-order valence-corrected chi connectivity index (χ2v) is 6.30. The van der Waals surface area contributed by atoms with E-state index in [4.69, 9.17) is 9.26 Å². The second kappa shape index (κ2) is 4.47. The summed E-state index contributed by atoms with van der Waals surface area (Å²) < 4.78 is 11.3. The van der Waals surface area contributed by atoms with Gasteiger partial charge in [0.15, 0.2) is 5.82 Å². The van der Waals surface area contributed by atoms with Crippen molar-refractivity contribution in [1.82, 2.24) is 10.1 Å². The number of hydrogen-bond acceptors (Lipinski definition) is 5. The Balaban J connectivity index is 1.40. The first-order valence-electron chi connectivity index (χ1n) is 7.57. The van der Waals surface area contributed by atoms with Crippen molar-refractivity contribution in [3.63, 3.8) is 0 Å². The lowest BCUT2D eigenvalue weighted by Crippen LogP contribution is -2.42. The molecule has 1 saturated heterocycles. The van der Waals surface area contributed by atoms with E-state index in [-0.39, 0.29) is 5.60 Å². The fourth-order valence-electron chi connectivity index (χ4n) is 3.49. The van der Waals surface area contributed by atoms with Gasteiger partial charge >= 0.3 is 6.01 Å². The van der Waals surface area contributed by atoms with E-state index in [0.29, 0.717) is 18.0 Å². The van der Waals surface area contributed by atoms with E-state index in [2.05, 4.69) is 15.5 Å². The van der Waals surface area contributed by atoms with Crippen LogP contribution in [-0.2, 0) is 4.74 Å². The van der Waals surface area contributed by atoms with E-state index >= 15 is 0 Å². The second-order valence-electron chi connectivity index (χ2n) is 6.30.